The Morgan fingerprint density at radius 2 is 1.93 bits per heavy atom. The van der Waals surface area contributed by atoms with Gasteiger partial charge in [-0.1, -0.05) is 71.1 Å². The van der Waals surface area contributed by atoms with Gasteiger partial charge in [-0.25, -0.2) is 0 Å². The summed E-state index contributed by atoms with van der Waals surface area (Å²) in [5.74, 6) is 2.14. The maximum Gasteiger partial charge on any atom is 0.106 e. The van der Waals surface area contributed by atoms with Crippen LogP contribution >= 0.6 is 0 Å². The largest absolute Gasteiger partial charge is 0.491 e. The van der Waals surface area contributed by atoms with Crippen molar-refractivity contribution in [3.8, 4) is 0 Å². The fourth-order valence-electron chi connectivity index (χ4n) is 5.71. The Kier molecular flexibility index (Phi) is 7.03. The Morgan fingerprint density at radius 3 is 2.62 bits per heavy atom. The van der Waals surface area contributed by atoms with E-state index in [9.17, 15) is 5.11 Å². The Balaban J connectivity index is 1.87. The number of unbranched alkanes of at least 4 members (excludes halogenated alkanes) is 3. The van der Waals surface area contributed by atoms with Gasteiger partial charge in [-0.15, -0.1) is 0 Å². The summed E-state index contributed by atoms with van der Waals surface area (Å²) in [6, 6.07) is 0. The van der Waals surface area contributed by atoms with Crippen LogP contribution in [-0.2, 0) is 4.74 Å². The summed E-state index contributed by atoms with van der Waals surface area (Å²) in [5, 5.41) is 11.3. The molecular weight excluding hydrogens is 356 g/mol. The van der Waals surface area contributed by atoms with Gasteiger partial charge in [-0.05, 0) is 68.9 Å². The van der Waals surface area contributed by atoms with Gasteiger partial charge in [0.25, 0.3) is 0 Å². The molecule has 1 saturated heterocycles. The van der Waals surface area contributed by atoms with E-state index in [1.165, 1.54) is 31.3 Å². The number of allylic oxidation sites excluding steroid dienone is 4. The van der Waals surface area contributed by atoms with Gasteiger partial charge < -0.3 is 9.84 Å². The SMILES string of the molecule is CCCCCCC(C)(C)C1=CC(O)C2C(=C1)OC(C)(C)[C@H]1CC=C(CC)C[C@@H]2C1. The molecule has 0 aromatic heterocycles. The van der Waals surface area contributed by atoms with E-state index in [4.69, 9.17) is 4.74 Å². The van der Waals surface area contributed by atoms with E-state index in [0.29, 0.717) is 11.8 Å². The highest BCUT2D eigenvalue weighted by molar-refractivity contribution is 5.36. The Labute approximate surface area is 179 Å². The minimum Gasteiger partial charge on any atom is -0.491 e. The van der Waals surface area contributed by atoms with Crippen LogP contribution in [0.3, 0.4) is 0 Å². The van der Waals surface area contributed by atoms with Crippen LogP contribution in [0.5, 0.6) is 0 Å². The Morgan fingerprint density at radius 1 is 1.17 bits per heavy atom. The fraction of sp³-hybridized carbons (Fsp3) is 0.778. The van der Waals surface area contributed by atoms with Crippen LogP contribution in [0.1, 0.15) is 99.3 Å². The molecular formula is C27H44O2. The summed E-state index contributed by atoms with van der Waals surface area (Å²) >= 11 is 0. The van der Waals surface area contributed by atoms with E-state index in [1.54, 1.807) is 5.57 Å². The van der Waals surface area contributed by atoms with E-state index in [0.717, 1.165) is 37.9 Å². The molecule has 2 aliphatic carbocycles. The van der Waals surface area contributed by atoms with Gasteiger partial charge >= 0.3 is 0 Å². The lowest BCUT2D eigenvalue weighted by Gasteiger charge is -2.38. The zero-order valence-electron chi connectivity index (χ0n) is 19.8. The lowest BCUT2D eigenvalue weighted by molar-refractivity contribution is -0.0225. The summed E-state index contributed by atoms with van der Waals surface area (Å²) in [4.78, 5) is 0. The highest BCUT2D eigenvalue weighted by Gasteiger charge is 2.46. The van der Waals surface area contributed by atoms with Crippen LogP contribution in [-0.4, -0.2) is 16.8 Å². The van der Waals surface area contributed by atoms with Crippen LogP contribution < -0.4 is 0 Å². The smallest absolute Gasteiger partial charge is 0.106 e. The minimum atomic E-state index is -0.435. The third kappa shape index (κ3) is 5.01. The topological polar surface area (TPSA) is 29.5 Å². The van der Waals surface area contributed by atoms with Crippen LogP contribution in [0.4, 0.5) is 0 Å². The number of ether oxygens (including phenoxy) is 1. The average molecular weight is 401 g/mol. The molecule has 29 heavy (non-hydrogen) atoms. The standard InChI is InChI=1S/C27H44O2/c1-7-9-10-11-14-26(3,4)22-17-23(28)25-20-15-19(8-2)12-13-21(16-20)27(5,6)29-24(25)18-22/h12,17-18,20-21,23,25,28H,7-11,13-16H2,1-6H3/t20-,21+,23?,25?/m1/s1. The fourth-order valence-corrected chi connectivity index (χ4v) is 5.71. The number of hydrogen-bond acceptors (Lipinski definition) is 2. The van der Waals surface area contributed by atoms with Gasteiger partial charge in [-0.3, -0.25) is 0 Å². The molecule has 2 unspecified atom stereocenters. The van der Waals surface area contributed by atoms with E-state index in [-0.39, 0.29) is 16.9 Å². The first-order valence-electron chi connectivity index (χ1n) is 12.2. The molecule has 0 radical (unpaired) electrons. The molecule has 1 heterocycles. The Bertz CT molecular complexity index is 664. The second-order valence-electron chi connectivity index (χ2n) is 10.9. The van der Waals surface area contributed by atoms with Gasteiger partial charge in [0, 0.05) is 11.8 Å². The third-order valence-corrected chi connectivity index (χ3v) is 7.91. The molecule has 2 heteroatoms. The van der Waals surface area contributed by atoms with Gasteiger partial charge in [0.15, 0.2) is 0 Å². The molecule has 0 aromatic rings. The van der Waals surface area contributed by atoms with Gasteiger partial charge in [0.2, 0.25) is 0 Å². The van der Waals surface area contributed by atoms with Crippen molar-refractivity contribution in [2.75, 3.05) is 0 Å². The van der Waals surface area contributed by atoms with Gasteiger partial charge in [-0.2, -0.15) is 0 Å². The second kappa shape index (κ2) is 9.00. The quantitative estimate of drug-likeness (QED) is 0.358. The maximum atomic E-state index is 11.3. The van der Waals surface area contributed by atoms with E-state index in [2.05, 4.69) is 59.8 Å². The summed E-state index contributed by atoms with van der Waals surface area (Å²) in [6.07, 6.45) is 17.3. The highest BCUT2D eigenvalue weighted by atomic mass is 16.5. The molecule has 0 aromatic carbocycles. The van der Waals surface area contributed by atoms with Crippen LogP contribution in [0.2, 0.25) is 0 Å². The number of aliphatic hydroxyl groups excluding tert-OH is 1. The molecule has 3 rings (SSSR count). The Hall–Kier alpha value is -1.02. The van der Waals surface area contributed by atoms with Crippen LogP contribution in [0, 0.1) is 23.2 Å². The summed E-state index contributed by atoms with van der Waals surface area (Å²) in [5.41, 5.74) is 2.72. The predicted molar refractivity (Wildman–Crippen MR) is 123 cm³/mol. The molecule has 1 N–H and O–H groups in total. The minimum absolute atomic E-state index is 0.0763. The first kappa shape index (κ1) is 22.7. The lowest BCUT2D eigenvalue weighted by atomic mass is 9.71. The zero-order chi connectivity index (χ0) is 21.2. The van der Waals surface area contributed by atoms with E-state index < -0.39 is 6.10 Å². The van der Waals surface area contributed by atoms with Crippen molar-refractivity contribution in [1.29, 1.82) is 0 Å². The monoisotopic (exact) mass is 400 g/mol. The highest BCUT2D eigenvalue weighted by Crippen LogP contribution is 2.50. The third-order valence-electron chi connectivity index (χ3n) is 7.91. The van der Waals surface area contributed by atoms with Crippen molar-refractivity contribution in [2.45, 2.75) is 111 Å². The normalized spacial score (nSPS) is 31.5. The first-order valence-corrected chi connectivity index (χ1v) is 12.2. The van der Waals surface area contributed by atoms with E-state index >= 15 is 0 Å². The van der Waals surface area contributed by atoms with Crippen LogP contribution in [0.25, 0.3) is 0 Å². The first-order chi connectivity index (χ1) is 13.7. The number of rotatable bonds is 7. The number of hydrogen-bond donors (Lipinski definition) is 1. The molecule has 3 aliphatic rings. The van der Waals surface area contributed by atoms with Crippen molar-refractivity contribution in [2.24, 2.45) is 23.2 Å². The molecule has 164 valence electrons. The molecule has 2 bridgehead atoms. The number of aliphatic hydroxyl groups is 1. The average Bonchev–Trinajstić information content (AvgIpc) is 2.93. The summed E-state index contributed by atoms with van der Waals surface area (Å²) in [7, 11) is 0. The van der Waals surface area contributed by atoms with Crippen LogP contribution in [0.15, 0.2) is 35.1 Å². The number of fused-ring (bicyclic) bond motifs is 4. The molecule has 4 atom stereocenters. The molecule has 1 fully saturated rings. The predicted octanol–water partition coefficient (Wildman–Crippen LogP) is 7.35. The summed E-state index contributed by atoms with van der Waals surface area (Å²) in [6.45, 7) is 13.7. The molecule has 1 aliphatic heterocycles. The van der Waals surface area contributed by atoms with E-state index in [1.807, 2.05) is 0 Å². The zero-order valence-corrected chi connectivity index (χ0v) is 19.8. The second-order valence-corrected chi connectivity index (χ2v) is 10.9. The molecule has 2 nitrogen and oxygen atoms in total. The molecule has 0 amide bonds. The van der Waals surface area contributed by atoms with Crippen molar-refractivity contribution >= 4 is 0 Å². The summed E-state index contributed by atoms with van der Waals surface area (Å²) < 4.78 is 6.71. The van der Waals surface area contributed by atoms with Gasteiger partial charge in [0.1, 0.15) is 11.4 Å². The van der Waals surface area contributed by atoms with Gasteiger partial charge in [0.05, 0.1) is 6.10 Å². The van der Waals surface area contributed by atoms with Crippen molar-refractivity contribution in [1.82, 2.24) is 0 Å². The van der Waals surface area contributed by atoms with Crippen molar-refractivity contribution in [3.05, 3.63) is 35.1 Å². The lowest BCUT2D eigenvalue weighted by Crippen LogP contribution is -2.35. The molecule has 0 saturated carbocycles. The maximum absolute atomic E-state index is 11.3. The molecule has 0 spiro atoms. The van der Waals surface area contributed by atoms with Crippen molar-refractivity contribution < 1.29 is 9.84 Å². The van der Waals surface area contributed by atoms with Crippen molar-refractivity contribution in [3.63, 3.8) is 0 Å².